The van der Waals surface area contributed by atoms with Gasteiger partial charge in [0, 0.05) is 23.1 Å². The van der Waals surface area contributed by atoms with Crippen LogP contribution in [0.3, 0.4) is 0 Å². The van der Waals surface area contributed by atoms with Crippen molar-refractivity contribution in [2.24, 2.45) is 0 Å². The van der Waals surface area contributed by atoms with E-state index in [1.165, 1.54) is 5.32 Å². The van der Waals surface area contributed by atoms with Gasteiger partial charge in [-0.3, -0.25) is 10.1 Å². The number of hydrogen-bond donors (Lipinski definition) is 1. The van der Waals surface area contributed by atoms with Gasteiger partial charge in [0.2, 0.25) is 0 Å². The predicted octanol–water partition coefficient (Wildman–Crippen LogP) is 3.44. The third-order valence-electron chi connectivity index (χ3n) is 3.21. The summed E-state index contributed by atoms with van der Waals surface area (Å²) < 4.78 is 0. The highest BCUT2D eigenvalue weighted by atomic mass is 28.3. The van der Waals surface area contributed by atoms with E-state index in [2.05, 4.69) is 24.6 Å². The minimum absolute atomic E-state index is 0.181. The van der Waals surface area contributed by atoms with Crippen LogP contribution in [0.25, 0.3) is 11.1 Å². The van der Waals surface area contributed by atoms with Gasteiger partial charge in [-0.2, -0.15) is 0 Å². The van der Waals surface area contributed by atoms with Crippen molar-refractivity contribution < 1.29 is 4.92 Å². The highest BCUT2D eigenvalue weighted by Crippen LogP contribution is 2.26. The molecule has 5 heteroatoms. The Hall–Kier alpha value is -1.88. The van der Waals surface area contributed by atoms with Gasteiger partial charge in [0.25, 0.3) is 5.69 Å². The van der Waals surface area contributed by atoms with Crippen LogP contribution in [0, 0.1) is 17.0 Å². The first-order valence-electron chi connectivity index (χ1n) is 6.24. The summed E-state index contributed by atoms with van der Waals surface area (Å²) in [5.41, 5.74) is 2.87. The Morgan fingerprint density at radius 2 is 1.89 bits per heavy atom. The fourth-order valence-electron chi connectivity index (χ4n) is 2.20. The summed E-state index contributed by atoms with van der Waals surface area (Å²) in [6.45, 7) is 8.53. The SMILES string of the molecule is Cc1ccc(-c2cc[nH]c2[Si](C)(C)C)cc1[N+](=O)[O-]. The number of nitrogens with zero attached hydrogens (tertiary/aromatic N) is 1. The third-order valence-corrected chi connectivity index (χ3v) is 5.13. The van der Waals surface area contributed by atoms with E-state index in [0.29, 0.717) is 5.56 Å². The van der Waals surface area contributed by atoms with Crippen molar-refractivity contribution in [2.75, 3.05) is 0 Å². The van der Waals surface area contributed by atoms with Crippen molar-refractivity contribution in [1.29, 1.82) is 0 Å². The topological polar surface area (TPSA) is 58.9 Å². The number of hydrogen-bond acceptors (Lipinski definition) is 2. The molecule has 0 saturated carbocycles. The van der Waals surface area contributed by atoms with Crippen LogP contribution in [0.4, 0.5) is 5.69 Å². The second-order valence-corrected chi connectivity index (χ2v) is 10.8. The largest absolute Gasteiger partial charge is 0.368 e. The number of aromatic amines is 1. The molecule has 0 radical (unpaired) electrons. The van der Waals surface area contributed by atoms with Crippen LogP contribution >= 0.6 is 0 Å². The van der Waals surface area contributed by atoms with Crippen LogP contribution < -0.4 is 5.32 Å². The smallest absolute Gasteiger partial charge is 0.272 e. The second-order valence-electron chi connectivity index (χ2n) is 5.77. The van der Waals surface area contributed by atoms with Crippen LogP contribution in [0.15, 0.2) is 30.5 Å². The van der Waals surface area contributed by atoms with Gasteiger partial charge in [0.05, 0.1) is 13.0 Å². The molecule has 2 aromatic rings. The van der Waals surface area contributed by atoms with Gasteiger partial charge < -0.3 is 4.98 Å². The van der Waals surface area contributed by atoms with Gasteiger partial charge >= 0.3 is 0 Å². The highest BCUT2D eigenvalue weighted by Gasteiger charge is 2.23. The number of rotatable bonds is 3. The van der Waals surface area contributed by atoms with E-state index in [4.69, 9.17) is 0 Å². The maximum Gasteiger partial charge on any atom is 0.272 e. The molecule has 1 aromatic heterocycles. The molecule has 0 bridgehead atoms. The number of H-pyrrole nitrogens is 1. The van der Waals surface area contributed by atoms with Crippen molar-refractivity contribution in [3.05, 3.63) is 46.1 Å². The Bertz CT molecular complexity index is 627. The summed E-state index contributed by atoms with van der Waals surface area (Å²) in [5, 5.41) is 12.3. The fraction of sp³-hybridized carbons (Fsp3) is 0.286. The number of nitro benzene ring substituents is 1. The molecule has 4 nitrogen and oxygen atoms in total. The van der Waals surface area contributed by atoms with E-state index in [1.54, 1.807) is 13.0 Å². The maximum absolute atomic E-state index is 11.0. The van der Waals surface area contributed by atoms with Crippen LogP contribution in [-0.4, -0.2) is 18.0 Å². The van der Waals surface area contributed by atoms with E-state index in [9.17, 15) is 10.1 Å². The molecule has 0 unspecified atom stereocenters. The van der Waals surface area contributed by atoms with Crippen molar-refractivity contribution in [1.82, 2.24) is 4.98 Å². The van der Waals surface area contributed by atoms with Gasteiger partial charge in [-0.25, -0.2) is 0 Å². The van der Waals surface area contributed by atoms with E-state index in [0.717, 1.165) is 11.1 Å². The minimum Gasteiger partial charge on any atom is -0.368 e. The number of aryl methyl sites for hydroxylation is 1. The predicted molar refractivity (Wildman–Crippen MR) is 80.6 cm³/mol. The fourth-order valence-corrected chi connectivity index (χ4v) is 3.76. The van der Waals surface area contributed by atoms with Gasteiger partial charge in [-0.15, -0.1) is 0 Å². The Kier molecular flexibility index (Phi) is 3.32. The lowest BCUT2D eigenvalue weighted by atomic mass is 10.1. The zero-order valence-corrected chi connectivity index (χ0v) is 12.7. The molecule has 0 spiro atoms. The molecule has 0 fully saturated rings. The Labute approximate surface area is 113 Å². The summed E-state index contributed by atoms with van der Waals surface area (Å²) in [7, 11) is -1.49. The first-order chi connectivity index (χ1) is 8.80. The zero-order valence-electron chi connectivity index (χ0n) is 11.7. The van der Waals surface area contributed by atoms with Crippen molar-refractivity contribution in [2.45, 2.75) is 26.6 Å². The quantitative estimate of drug-likeness (QED) is 0.529. The average molecular weight is 274 g/mol. The van der Waals surface area contributed by atoms with Gasteiger partial charge in [0.1, 0.15) is 0 Å². The number of aromatic nitrogens is 1. The Balaban J connectivity index is 2.58. The van der Waals surface area contributed by atoms with E-state index in [-0.39, 0.29) is 10.6 Å². The maximum atomic E-state index is 11.0. The summed E-state index contributed by atoms with van der Waals surface area (Å²) in [4.78, 5) is 14.0. The first-order valence-corrected chi connectivity index (χ1v) is 9.74. The molecule has 0 aliphatic heterocycles. The molecule has 0 saturated heterocycles. The molecule has 0 aliphatic carbocycles. The average Bonchev–Trinajstić information content (AvgIpc) is 2.77. The molecular weight excluding hydrogens is 256 g/mol. The Morgan fingerprint density at radius 1 is 1.21 bits per heavy atom. The molecule has 2 rings (SSSR count). The van der Waals surface area contributed by atoms with E-state index < -0.39 is 8.07 Å². The lowest BCUT2D eigenvalue weighted by Crippen LogP contribution is -2.39. The Morgan fingerprint density at radius 3 is 2.47 bits per heavy atom. The summed E-state index contributed by atoms with van der Waals surface area (Å²) in [5.74, 6) is 0. The molecule has 0 amide bonds. The van der Waals surface area contributed by atoms with Gasteiger partial charge in [-0.1, -0.05) is 31.8 Å². The molecule has 1 N–H and O–H groups in total. The lowest BCUT2D eigenvalue weighted by Gasteiger charge is -2.17. The van der Waals surface area contributed by atoms with Crippen molar-refractivity contribution in [3.63, 3.8) is 0 Å². The first kappa shape index (κ1) is 13.5. The number of benzene rings is 1. The molecule has 1 aromatic carbocycles. The molecular formula is C14H18N2O2Si. The molecule has 1 heterocycles. The van der Waals surface area contributed by atoms with E-state index in [1.807, 2.05) is 24.4 Å². The number of nitro groups is 1. The monoisotopic (exact) mass is 274 g/mol. The highest BCUT2D eigenvalue weighted by molar-refractivity contribution is 6.89. The van der Waals surface area contributed by atoms with Gasteiger partial charge in [0.15, 0.2) is 0 Å². The van der Waals surface area contributed by atoms with Crippen LogP contribution in [0.5, 0.6) is 0 Å². The van der Waals surface area contributed by atoms with Crippen LogP contribution in [0.1, 0.15) is 5.56 Å². The molecule has 0 atom stereocenters. The normalized spacial score (nSPS) is 11.6. The molecule has 100 valence electrons. The van der Waals surface area contributed by atoms with E-state index >= 15 is 0 Å². The summed E-state index contributed by atoms with van der Waals surface area (Å²) in [6, 6.07) is 7.44. The van der Waals surface area contributed by atoms with Crippen molar-refractivity contribution >= 4 is 19.1 Å². The number of nitrogens with one attached hydrogen (secondary N) is 1. The lowest BCUT2D eigenvalue weighted by molar-refractivity contribution is -0.385. The molecule has 0 aliphatic rings. The van der Waals surface area contributed by atoms with Crippen LogP contribution in [0.2, 0.25) is 19.6 Å². The second kappa shape index (κ2) is 4.66. The zero-order chi connectivity index (χ0) is 14.2. The minimum atomic E-state index is -1.49. The van der Waals surface area contributed by atoms with Gasteiger partial charge in [-0.05, 0) is 24.1 Å². The summed E-state index contributed by atoms with van der Waals surface area (Å²) in [6.07, 6.45) is 1.91. The van der Waals surface area contributed by atoms with Crippen molar-refractivity contribution in [3.8, 4) is 11.1 Å². The third kappa shape index (κ3) is 2.60. The van der Waals surface area contributed by atoms with Crippen LogP contribution in [-0.2, 0) is 0 Å². The standard InChI is InChI=1S/C14H18N2O2Si/c1-10-5-6-11(9-13(10)16(17)18)12-7-8-15-14(12)19(2,3)4/h5-9,15H,1-4H3. The summed E-state index contributed by atoms with van der Waals surface area (Å²) >= 11 is 0. The molecule has 19 heavy (non-hydrogen) atoms.